The number of aryl methyl sites for hydroxylation is 1. The van der Waals surface area contributed by atoms with Gasteiger partial charge < -0.3 is 9.47 Å². The van der Waals surface area contributed by atoms with Crippen molar-refractivity contribution in [2.24, 2.45) is 22.7 Å². The van der Waals surface area contributed by atoms with Crippen LogP contribution < -0.4 is 9.47 Å². The molecule has 0 radical (unpaired) electrons. The van der Waals surface area contributed by atoms with Gasteiger partial charge in [0, 0.05) is 11.0 Å². The van der Waals surface area contributed by atoms with Crippen molar-refractivity contribution >= 4 is 0 Å². The molecule has 0 unspecified atom stereocenters. The van der Waals surface area contributed by atoms with Crippen molar-refractivity contribution in [2.45, 2.75) is 73.1 Å². The molecule has 1 fully saturated rings. The van der Waals surface area contributed by atoms with Crippen LogP contribution in [0.4, 0.5) is 8.78 Å². The first-order valence-corrected chi connectivity index (χ1v) is 10.4. The molecule has 1 aliphatic carbocycles. The van der Waals surface area contributed by atoms with Gasteiger partial charge >= 0.3 is 0 Å². The Bertz CT molecular complexity index is 668. The summed E-state index contributed by atoms with van der Waals surface area (Å²) in [6.07, 6.45) is 6.33. The number of hydrogen-bond acceptors (Lipinski definition) is 2. The van der Waals surface area contributed by atoms with Crippen molar-refractivity contribution in [3.63, 3.8) is 0 Å². The van der Waals surface area contributed by atoms with E-state index in [1.54, 1.807) is 6.07 Å². The van der Waals surface area contributed by atoms with Crippen LogP contribution in [0.5, 0.6) is 11.5 Å². The summed E-state index contributed by atoms with van der Waals surface area (Å²) in [4.78, 5) is 0. The molecule has 2 nitrogen and oxygen atoms in total. The van der Waals surface area contributed by atoms with Crippen molar-refractivity contribution in [3.8, 4) is 11.5 Å². The lowest BCUT2D eigenvalue weighted by molar-refractivity contribution is 0.0506. The molecule has 2 aliphatic rings. The highest BCUT2D eigenvalue weighted by molar-refractivity contribution is 5.44. The zero-order valence-electron chi connectivity index (χ0n) is 17.5. The standard InChI is InChI=1S/C23H34F2O2/c1-22(2,3)16-8-10-17(11-9-16)23(4,5)14-27-18-13-15-7-6-12-26-21(15)20(25)19(18)24/h13,16-17H,6-12,14H2,1-5H3. The Hall–Kier alpha value is -1.32. The van der Waals surface area contributed by atoms with E-state index >= 15 is 0 Å². The zero-order valence-corrected chi connectivity index (χ0v) is 17.5. The average molecular weight is 381 g/mol. The van der Waals surface area contributed by atoms with Crippen molar-refractivity contribution in [1.82, 2.24) is 0 Å². The fraction of sp³-hybridized carbons (Fsp3) is 0.739. The van der Waals surface area contributed by atoms with Crippen molar-refractivity contribution in [2.75, 3.05) is 13.2 Å². The van der Waals surface area contributed by atoms with E-state index in [0.29, 0.717) is 36.5 Å². The fourth-order valence-electron chi connectivity index (χ4n) is 4.64. The third-order valence-electron chi connectivity index (χ3n) is 6.70. The third kappa shape index (κ3) is 4.41. The van der Waals surface area contributed by atoms with Crippen LogP contribution in [0.1, 0.15) is 72.3 Å². The highest BCUT2D eigenvalue weighted by Gasteiger charge is 2.37. The summed E-state index contributed by atoms with van der Waals surface area (Å²) in [7, 11) is 0. The van der Waals surface area contributed by atoms with Crippen LogP contribution in [0.15, 0.2) is 6.07 Å². The number of ether oxygens (including phenoxy) is 2. The van der Waals surface area contributed by atoms with E-state index in [1.165, 1.54) is 25.7 Å². The molecule has 0 spiro atoms. The second-order valence-electron chi connectivity index (χ2n) is 10.1. The van der Waals surface area contributed by atoms with Crippen LogP contribution >= 0.6 is 0 Å². The van der Waals surface area contributed by atoms with Gasteiger partial charge in [0.25, 0.3) is 0 Å². The smallest absolute Gasteiger partial charge is 0.204 e. The molecule has 4 heteroatoms. The van der Waals surface area contributed by atoms with Gasteiger partial charge in [-0.15, -0.1) is 0 Å². The first-order valence-electron chi connectivity index (χ1n) is 10.4. The lowest BCUT2D eigenvalue weighted by atomic mass is 9.64. The fourth-order valence-corrected chi connectivity index (χ4v) is 4.64. The number of rotatable bonds is 4. The van der Waals surface area contributed by atoms with E-state index in [4.69, 9.17) is 9.47 Å². The minimum Gasteiger partial charge on any atom is -0.490 e. The van der Waals surface area contributed by atoms with Gasteiger partial charge in [0.15, 0.2) is 11.5 Å². The zero-order chi connectivity index (χ0) is 19.8. The molecule has 0 amide bonds. The van der Waals surface area contributed by atoms with Crippen molar-refractivity contribution in [1.29, 1.82) is 0 Å². The first kappa shape index (κ1) is 20.4. The van der Waals surface area contributed by atoms with E-state index < -0.39 is 11.6 Å². The van der Waals surface area contributed by atoms with Crippen LogP contribution in [-0.2, 0) is 6.42 Å². The van der Waals surface area contributed by atoms with Crippen LogP contribution in [0.2, 0.25) is 0 Å². The number of hydrogen-bond donors (Lipinski definition) is 0. The monoisotopic (exact) mass is 380 g/mol. The van der Waals surface area contributed by atoms with Gasteiger partial charge in [0.2, 0.25) is 11.6 Å². The Labute approximate surface area is 162 Å². The van der Waals surface area contributed by atoms with E-state index in [9.17, 15) is 8.78 Å². The highest BCUT2D eigenvalue weighted by atomic mass is 19.2. The van der Waals surface area contributed by atoms with E-state index in [1.807, 2.05) is 0 Å². The van der Waals surface area contributed by atoms with Crippen LogP contribution in [-0.4, -0.2) is 13.2 Å². The minimum atomic E-state index is -0.928. The Morgan fingerprint density at radius 2 is 1.63 bits per heavy atom. The average Bonchev–Trinajstić information content (AvgIpc) is 2.63. The SMILES string of the molecule is CC(C)(C)C1CCC(C(C)(C)COc2cc3c(c(F)c2F)OCCC3)CC1. The second kappa shape index (κ2) is 7.60. The van der Waals surface area contributed by atoms with Crippen LogP contribution in [0, 0.1) is 34.3 Å². The molecule has 1 heterocycles. The van der Waals surface area contributed by atoms with Gasteiger partial charge in [0.1, 0.15) is 0 Å². The van der Waals surface area contributed by atoms with Gasteiger partial charge in [-0.25, -0.2) is 0 Å². The molecular weight excluding hydrogens is 346 g/mol. The first-order chi connectivity index (χ1) is 12.6. The summed E-state index contributed by atoms with van der Waals surface area (Å²) in [5, 5.41) is 0. The lowest BCUT2D eigenvalue weighted by Gasteiger charge is -2.42. The van der Waals surface area contributed by atoms with Crippen LogP contribution in [0.3, 0.4) is 0 Å². The lowest BCUT2D eigenvalue weighted by Crippen LogP contribution is -2.36. The summed E-state index contributed by atoms with van der Waals surface area (Å²) < 4.78 is 39.8. The highest BCUT2D eigenvalue weighted by Crippen LogP contribution is 2.46. The molecule has 0 saturated heterocycles. The molecule has 0 aromatic heterocycles. The van der Waals surface area contributed by atoms with Gasteiger partial charge in [-0.1, -0.05) is 34.6 Å². The maximum Gasteiger partial charge on any atom is 0.204 e. The quantitative estimate of drug-likeness (QED) is 0.590. The molecule has 0 atom stereocenters. The van der Waals surface area contributed by atoms with E-state index in [-0.39, 0.29) is 16.9 Å². The second-order valence-corrected chi connectivity index (χ2v) is 10.1. The number of halogens is 2. The Morgan fingerprint density at radius 1 is 1.00 bits per heavy atom. The number of benzene rings is 1. The molecule has 1 saturated carbocycles. The third-order valence-corrected chi connectivity index (χ3v) is 6.70. The minimum absolute atomic E-state index is 0.0215. The van der Waals surface area contributed by atoms with Crippen LogP contribution in [0.25, 0.3) is 0 Å². The maximum atomic E-state index is 14.4. The maximum absolute atomic E-state index is 14.4. The summed E-state index contributed by atoms with van der Waals surface area (Å²) >= 11 is 0. The van der Waals surface area contributed by atoms with E-state index in [2.05, 4.69) is 34.6 Å². The van der Waals surface area contributed by atoms with E-state index in [0.717, 1.165) is 12.3 Å². The molecule has 1 aromatic carbocycles. The van der Waals surface area contributed by atoms with Gasteiger partial charge in [-0.2, -0.15) is 8.78 Å². The Balaban J connectivity index is 1.65. The Kier molecular flexibility index (Phi) is 5.74. The molecule has 0 N–H and O–H groups in total. The summed E-state index contributed by atoms with van der Waals surface area (Å²) in [5.41, 5.74) is 0.994. The van der Waals surface area contributed by atoms with Gasteiger partial charge in [-0.3, -0.25) is 0 Å². The molecular formula is C23H34F2O2. The molecule has 1 aromatic rings. The molecule has 27 heavy (non-hydrogen) atoms. The molecule has 3 rings (SSSR count). The predicted octanol–water partition coefficient (Wildman–Crippen LogP) is 6.55. The Morgan fingerprint density at radius 3 is 2.26 bits per heavy atom. The molecule has 1 aliphatic heterocycles. The van der Waals surface area contributed by atoms with Gasteiger partial charge in [-0.05, 0) is 61.8 Å². The molecule has 0 bridgehead atoms. The normalized spacial score (nSPS) is 23.5. The summed E-state index contributed by atoms with van der Waals surface area (Å²) in [6.45, 7) is 12.2. The number of fused-ring (bicyclic) bond motifs is 1. The van der Waals surface area contributed by atoms with Gasteiger partial charge in [0.05, 0.1) is 13.2 Å². The summed E-state index contributed by atoms with van der Waals surface area (Å²) in [6, 6.07) is 1.62. The predicted molar refractivity (Wildman–Crippen MR) is 104 cm³/mol. The largest absolute Gasteiger partial charge is 0.490 e. The van der Waals surface area contributed by atoms with Crippen molar-refractivity contribution in [3.05, 3.63) is 23.3 Å². The van der Waals surface area contributed by atoms with Crippen molar-refractivity contribution < 1.29 is 18.3 Å². The molecule has 152 valence electrons. The summed E-state index contributed by atoms with van der Waals surface area (Å²) in [5.74, 6) is -0.449. The topological polar surface area (TPSA) is 18.5 Å².